The lowest BCUT2D eigenvalue weighted by Crippen LogP contribution is -1.96. The molecule has 0 radical (unpaired) electrons. The molecule has 0 spiro atoms. The van der Waals surface area contributed by atoms with Crippen molar-refractivity contribution in [1.82, 2.24) is 4.98 Å². The van der Waals surface area contributed by atoms with Crippen molar-refractivity contribution >= 4 is 11.6 Å². The first-order chi connectivity index (χ1) is 8.61. The van der Waals surface area contributed by atoms with Crippen molar-refractivity contribution in [2.24, 2.45) is 0 Å². The fraction of sp³-hybridized carbons (Fsp3) is 0.154. The highest BCUT2D eigenvalue weighted by atomic mass is 35.5. The van der Waals surface area contributed by atoms with Crippen molar-refractivity contribution in [2.45, 2.75) is 12.8 Å². The molecule has 2 rings (SSSR count). The summed E-state index contributed by atoms with van der Waals surface area (Å²) in [5, 5.41) is 0. The van der Waals surface area contributed by atoms with E-state index in [-0.39, 0.29) is 23.1 Å². The fourth-order valence-electron chi connectivity index (χ4n) is 1.39. The summed E-state index contributed by atoms with van der Waals surface area (Å²) < 4.78 is 32.3. The van der Waals surface area contributed by atoms with Crippen LogP contribution in [0.4, 0.5) is 8.78 Å². The zero-order chi connectivity index (χ0) is 13.1. The van der Waals surface area contributed by atoms with Crippen molar-refractivity contribution in [3.05, 3.63) is 53.2 Å². The summed E-state index contributed by atoms with van der Waals surface area (Å²) in [4.78, 5) is 3.76. The predicted molar refractivity (Wildman–Crippen MR) is 65.0 cm³/mol. The third-order valence-corrected chi connectivity index (χ3v) is 2.73. The first-order valence-corrected chi connectivity index (χ1v) is 5.78. The maximum Gasteiger partial charge on any atom is 0.256 e. The van der Waals surface area contributed by atoms with E-state index < -0.39 is 11.6 Å². The van der Waals surface area contributed by atoms with Crippen molar-refractivity contribution < 1.29 is 13.5 Å². The summed E-state index contributed by atoms with van der Waals surface area (Å²) in [5.74, 6) is -1.05. The van der Waals surface area contributed by atoms with Gasteiger partial charge >= 0.3 is 0 Å². The van der Waals surface area contributed by atoms with Crippen LogP contribution in [-0.4, -0.2) is 4.98 Å². The first-order valence-electron chi connectivity index (χ1n) is 5.25. The third kappa shape index (κ3) is 2.59. The minimum atomic E-state index is -0.631. The first kappa shape index (κ1) is 12.8. The van der Waals surface area contributed by atoms with Crippen LogP contribution < -0.4 is 4.74 Å². The van der Waals surface area contributed by atoms with E-state index in [1.165, 1.54) is 18.3 Å². The molecule has 0 bridgehead atoms. The topological polar surface area (TPSA) is 22.1 Å². The Labute approximate surface area is 108 Å². The van der Waals surface area contributed by atoms with Crippen LogP contribution in [0.25, 0.3) is 0 Å². The van der Waals surface area contributed by atoms with E-state index in [0.29, 0.717) is 5.56 Å². The Morgan fingerprint density at radius 3 is 2.72 bits per heavy atom. The number of rotatable bonds is 3. The van der Waals surface area contributed by atoms with Gasteiger partial charge in [-0.05, 0) is 24.6 Å². The zero-order valence-corrected chi connectivity index (χ0v) is 10.3. The van der Waals surface area contributed by atoms with Gasteiger partial charge in [0.15, 0.2) is 5.82 Å². The van der Waals surface area contributed by atoms with Crippen LogP contribution >= 0.6 is 11.6 Å². The molecule has 5 heteroatoms. The predicted octanol–water partition coefficient (Wildman–Crippen LogP) is 4.20. The van der Waals surface area contributed by atoms with E-state index in [0.717, 1.165) is 0 Å². The zero-order valence-electron chi connectivity index (χ0n) is 9.58. The molecule has 18 heavy (non-hydrogen) atoms. The molecule has 94 valence electrons. The number of pyridine rings is 1. The molecule has 0 aliphatic rings. The highest BCUT2D eigenvalue weighted by Crippen LogP contribution is 2.25. The van der Waals surface area contributed by atoms with Gasteiger partial charge < -0.3 is 4.74 Å². The van der Waals surface area contributed by atoms with Crippen LogP contribution in [0.5, 0.6) is 11.6 Å². The smallest absolute Gasteiger partial charge is 0.256 e. The Balaban J connectivity index is 2.31. The van der Waals surface area contributed by atoms with Crippen LogP contribution in [-0.2, 0) is 5.88 Å². The van der Waals surface area contributed by atoms with E-state index in [1.807, 2.05) is 0 Å². The summed E-state index contributed by atoms with van der Waals surface area (Å²) in [5.41, 5.74) is 0.777. The molecule has 0 fully saturated rings. The van der Waals surface area contributed by atoms with Crippen molar-refractivity contribution in [1.29, 1.82) is 0 Å². The largest absolute Gasteiger partial charge is 0.436 e. The normalized spacial score (nSPS) is 10.4. The van der Waals surface area contributed by atoms with Crippen LogP contribution in [0.15, 0.2) is 30.5 Å². The molecule has 0 aliphatic carbocycles. The Morgan fingerprint density at radius 1 is 1.28 bits per heavy atom. The summed E-state index contributed by atoms with van der Waals surface area (Å²) in [6.07, 6.45) is 1.39. The molecule has 0 saturated heterocycles. The van der Waals surface area contributed by atoms with Crippen molar-refractivity contribution in [3.63, 3.8) is 0 Å². The Bertz CT molecular complexity index is 575. The Hall–Kier alpha value is -1.68. The van der Waals surface area contributed by atoms with E-state index in [4.69, 9.17) is 16.3 Å². The van der Waals surface area contributed by atoms with Crippen LogP contribution in [0, 0.1) is 18.6 Å². The second-order valence-electron chi connectivity index (χ2n) is 3.74. The van der Waals surface area contributed by atoms with Gasteiger partial charge in [-0.3, -0.25) is 0 Å². The SMILES string of the molecule is Cc1ccc(Oc2nccc(CCl)c2F)cc1F. The number of ether oxygens (including phenoxy) is 1. The number of hydrogen-bond acceptors (Lipinski definition) is 2. The van der Waals surface area contributed by atoms with E-state index in [9.17, 15) is 8.78 Å². The molecule has 0 unspecified atom stereocenters. The van der Waals surface area contributed by atoms with Gasteiger partial charge in [-0.25, -0.2) is 13.8 Å². The standard InChI is InChI=1S/C13H10ClF2NO/c1-8-2-3-10(6-11(8)15)18-13-12(16)9(7-14)4-5-17-13/h2-6H,7H2,1H3. The number of alkyl halides is 1. The van der Waals surface area contributed by atoms with Gasteiger partial charge in [-0.2, -0.15) is 0 Å². The molecule has 1 aromatic heterocycles. The lowest BCUT2D eigenvalue weighted by Gasteiger charge is -2.08. The molecule has 0 amide bonds. The average molecular weight is 270 g/mol. The van der Waals surface area contributed by atoms with Crippen LogP contribution in [0.1, 0.15) is 11.1 Å². The van der Waals surface area contributed by atoms with Crippen molar-refractivity contribution in [2.75, 3.05) is 0 Å². The quantitative estimate of drug-likeness (QED) is 0.779. The minimum Gasteiger partial charge on any atom is -0.436 e. The van der Waals surface area contributed by atoms with Crippen molar-refractivity contribution in [3.8, 4) is 11.6 Å². The fourth-order valence-corrected chi connectivity index (χ4v) is 1.59. The number of hydrogen-bond donors (Lipinski definition) is 0. The molecular formula is C13H10ClF2NO. The summed E-state index contributed by atoms with van der Waals surface area (Å²) in [6.45, 7) is 1.63. The van der Waals surface area contributed by atoms with Crippen LogP contribution in [0.2, 0.25) is 0 Å². The van der Waals surface area contributed by atoms with Gasteiger partial charge in [0.1, 0.15) is 11.6 Å². The molecule has 0 atom stereocenters. The molecular weight excluding hydrogens is 260 g/mol. The summed E-state index contributed by atoms with van der Waals surface area (Å²) >= 11 is 5.57. The van der Waals surface area contributed by atoms with Gasteiger partial charge in [0.05, 0.1) is 5.88 Å². The molecule has 0 N–H and O–H groups in total. The highest BCUT2D eigenvalue weighted by molar-refractivity contribution is 6.17. The average Bonchev–Trinajstić information content (AvgIpc) is 2.36. The lowest BCUT2D eigenvalue weighted by atomic mass is 10.2. The monoisotopic (exact) mass is 269 g/mol. The molecule has 1 aromatic carbocycles. The number of nitrogens with zero attached hydrogens (tertiary/aromatic N) is 1. The van der Waals surface area contributed by atoms with E-state index in [2.05, 4.69) is 4.98 Å². The van der Waals surface area contributed by atoms with Gasteiger partial charge in [-0.1, -0.05) is 6.07 Å². The summed E-state index contributed by atoms with van der Waals surface area (Å²) in [6, 6.07) is 5.75. The number of aromatic nitrogens is 1. The Morgan fingerprint density at radius 2 is 2.06 bits per heavy atom. The molecule has 0 saturated carbocycles. The third-order valence-electron chi connectivity index (χ3n) is 2.44. The van der Waals surface area contributed by atoms with Crippen LogP contribution in [0.3, 0.4) is 0 Å². The molecule has 2 aromatic rings. The minimum absolute atomic E-state index is 0.0208. The maximum absolute atomic E-state index is 13.8. The van der Waals surface area contributed by atoms with E-state index in [1.54, 1.807) is 19.1 Å². The van der Waals surface area contributed by atoms with E-state index >= 15 is 0 Å². The van der Waals surface area contributed by atoms with Gasteiger partial charge in [0.25, 0.3) is 5.88 Å². The van der Waals surface area contributed by atoms with Gasteiger partial charge in [0.2, 0.25) is 0 Å². The number of aryl methyl sites for hydroxylation is 1. The second kappa shape index (κ2) is 5.31. The molecule has 2 nitrogen and oxygen atoms in total. The molecule has 0 aliphatic heterocycles. The Kier molecular flexibility index (Phi) is 3.77. The highest BCUT2D eigenvalue weighted by Gasteiger charge is 2.11. The maximum atomic E-state index is 13.8. The summed E-state index contributed by atoms with van der Waals surface area (Å²) in [7, 11) is 0. The lowest BCUT2D eigenvalue weighted by molar-refractivity contribution is 0.417. The number of halogens is 3. The van der Waals surface area contributed by atoms with Gasteiger partial charge in [-0.15, -0.1) is 11.6 Å². The number of benzene rings is 1. The van der Waals surface area contributed by atoms with Gasteiger partial charge in [0, 0.05) is 17.8 Å². The molecule has 1 heterocycles. The second-order valence-corrected chi connectivity index (χ2v) is 4.00.